The molecular formula is C20H28N4O. The Labute approximate surface area is 149 Å². The first-order chi connectivity index (χ1) is 12.2. The minimum atomic E-state index is 0.366. The van der Waals surface area contributed by atoms with E-state index in [-0.39, 0.29) is 0 Å². The van der Waals surface area contributed by atoms with Crippen LogP contribution in [-0.2, 0) is 11.2 Å². The zero-order chi connectivity index (χ0) is 17.3. The average molecular weight is 340 g/mol. The van der Waals surface area contributed by atoms with Crippen LogP contribution in [0.2, 0.25) is 0 Å². The molecule has 0 saturated carbocycles. The third-order valence-corrected chi connectivity index (χ3v) is 5.82. The molecule has 5 heteroatoms. The molecule has 1 aromatic heterocycles. The van der Waals surface area contributed by atoms with E-state index in [9.17, 15) is 0 Å². The third-order valence-electron chi connectivity index (χ3n) is 5.82. The van der Waals surface area contributed by atoms with Gasteiger partial charge in [0.1, 0.15) is 0 Å². The Morgan fingerprint density at radius 1 is 1.36 bits per heavy atom. The van der Waals surface area contributed by atoms with Gasteiger partial charge in [0.15, 0.2) is 5.96 Å². The molecule has 0 radical (unpaired) electrons. The number of hydrogen-bond donors (Lipinski definition) is 2. The maximum Gasteiger partial charge on any atom is 0.193 e. The first-order valence-corrected chi connectivity index (χ1v) is 9.30. The zero-order valence-corrected chi connectivity index (χ0v) is 15.3. The molecule has 3 heterocycles. The molecule has 1 unspecified atom stereocenters. The second-order valence-corrected chi connectivity index (χ2v) is 7.47. The van der Waals surface area contributed by atoms with Gasteiger partial charge in [-0.25, -0.2) is 0 Å². The summed E-state index contributed by atoms with van der Waals surface area (Å²) in [6, 6.07) is 8.54. The Kier molecular flexibility index (Phi) is 4.42. The van der Waals surface area contributed by atoms with E-state index in [4.69, 9.17) is 4.74 Å². The lowest BCUT2D eigenvalue weighted by atomic mass is 9.87. The quantitative estimate of drug-likeness (QED) is 0.667. The molecule has 0 aliphatic carbocycles. The number of likely N-dealkylation sites (tertiary alicyclic amines) is 1. The highest BCUT2D eigenvalue weighted by atomic mass is 16.5. The van der Waals surface area contributed by atoms with Crippen molar-refractivity contribution in [1.82, 2.24) is 15.2 Å². The number of guanidine groups is 1. The molecule has 4 rings (SSSR count). The van der Waals surface area contributed by atoms with Crippen molar-refractivity contribution >= 4 is 16.9 Å². The molecule has 2 N–H and O–H groups in total. The van der Waals surface area contributed by atoms with Crippen molar-refractivity contribution < 1.29 is 4.74 Å². The molecule has 2 fully saturated rings. The van der Waals surface area contributed by atoms with Gasteiger partial charge in [0.2, 0.25) is 0 Å². The average Bonchev–Trinajstić information content (AvgIpc) is 3.33. The SMILES string of the molecule is CN=C(NCCc1c(C)[nH]c2ccccc12)N1CCC2(CCOC2)C1. The van der Waals surface area contributed by atoms with E-state index in [0.717, 1.165) is 45.2 Å². The summed E-state index contributed by atoms with van der Waals surface area (Å²) < 4.78 is 5.64. The monoisotopic (exact) mass is 340 g/mol. The fraction of sp³-hybridized carbons (Fsp3) is 0.550. The molecule has 2 aromatic rings. The Hall–Kier alpha value is -2.01. The van der Waals surface area contributed by atoms with Crippen molar-refractivity contribution in [2.45, 2.75) is 26.2 Å². The highest BCUT2D eigenvalue weighted by molar-refractivity contribution is 5.85. The number of aliphatic imine (C=N–C) groups is 1. The molecule has 25 heavy (non-hydrogen) atoms. The van der Waals surface area contributed by atoms with Crippen LogP contribution in [-0.4, -0.2) is 55.7 Å². The molecule has 5 nitrogen and oxygen atoms in total. The third kappa shape index (κ3) is 3.13. The second kappa shape index (κ2) is 6.71. The van der Waals surface area contributed by atoms with Crippen LogP contribution in [0.15, 0.2) is 29.3 Å². The largest absolute Gasteiger partial charge is 0.381 e. The van der Waals surface area contributed by atoms with Crippen LogP contribution in [0.25, 0.3) is 10.9 Å². The van der Waals surface area contributed by atoms with Crippen LogP contribution in [0.4, 0.5) is 0 Å². The molecule has 2 saturated heterocycles. The van der Waals surface area contributed by atoms with Crippen LogP contribution in [0.1, 0.15) is 24.1 Å². The number of aromatic nitrogens is 1. The Balaban J connectivity index is 1.38. The molecule has 1 aromatic carbocycles. The van der Waals surface area contributed by atoms with Crippen LogP contribution in [0.5, 0.6) is 0 Å². The van der Waals surface area contributed by atoms with Gasteiger partial charge in [0, 0.05) is 55.3 Å². The van der Waals surface area contributed by atoms with Gasteiger partial charge >= 0.3 is 0 Å². The van der Waals surface area contributed by atoms with E-state index in [1.54, 1.807) is 0 Å². The highest BCUT2D eigenvalue weighted by Gasteiger charge is 2.42. The number of para-hydroxylation sites is 1. The lowest BCUT2D eigenvalue weighted by molar-refractivity contribution is 0.156. The Bertz CT molecular complexity index is 773. The normalized spacial score (nSPS) is 23.9. The summed E-state index contributed by atoms with van der Waals surface area (Å²) in [4.78, 5) is 10.4. The summed E-state index contributed by atoms with van der Waals surface area (Å²) in [7, 11) is 1.88. The molecule has 134 valence electrons. The topological polar surface area (TPSA) is 52.7 Å². The van der Waals surface area contributed by atoms with Crippen molar-refractivity contribution in [3.8, 4) is 0 Å². The summed E-state index contributed by atoms with van der Waals surface area (Å²) in [6.07, 6.45) is 3.40. The second-order valence-electron chi connectivity index (χ2n) is 7.47. The van der Waals surface area contributed by atoms with Crippen molar-refractivity contribution in [2.24, 2.45) is 10.4 Å². The van der Waals surface area contributed by atoms with Gasteiger partial charge in [-0.05, 0) is 37.8 Å². The molecule has 1 spiro atoms. The van der Waals surface area contributed by atoms with Crippen LogP contribution >= 0.6 is 0 Å². The number of ether oxygens (including phenoxy) is 1. The van der Waals surface area contributed by atoms with Crippen LogP contribution in [0.3, 0.4) is 0 Å². The maximum atomic E-state index is 5.64. The summed E-state index contributed by atoms with van der Waals surface area (Å²) >= 11 is 0. The minimum Gasteiger partial charge on any atom is -0.381 e. The van der Waals surface area contributed by atoms with Gasteiger partial charge in [-0.1, -0.05) is 18.2 Å². The lowest BCUT2D eigenvalue weighted by Gasteiger charge is -2.25. The predicted molar refractivity (Wildman–Crippen MR) is 102 cm³/mol. The molecular weight excluding hydrogens is 312 g/mol. The Morgan fingerprint density at radius 2 is 2.24 bits per heavy atom. The van der Waals surface area contributed by atoms with E-state index in [1.165, 1.54) is 35.0 Å². The fourth-order valence-corrected chi connectivity index (χ4v) is 4.38. The van der Waals surface area contributed by atoms with E-state index in [2.05, 4.69) is 51.4 Å². The number of hydrogen-bond acceptors (Lipinski definition) is 2. The van der Waals surface area contributed by atoms with Crippen LogP contribution < -0.4 is 5.32 Å². The molecule has 0 amide bonds. The van der Waals surface area contributed by atoms with Gasteiger partial charge in [0.05, 0.1) is 6.61 Å². The lowest BCUT2D eigenvalue weighted by Crippen LogP contribution is -2.42. The number of nitrogens with one attached hydrogen (secondary N) is 2. The number of fused-ring (bicyclic) bond motifs is 1. The number of aryl methyl sites for hydroxylation is 1. The van der Waals surface area contributed by atoms with E-state index < -0.39 is 0 Å². The first kappa shape index (κ1) is 16.5. The molecule has 2 aliphatic heterocycles. The number of rotatable bonds is 3. The van der Waals surface area contributed by atoms with Gasteiger partial charge < -0.3 is 19.9 Å². The van der Waals surface area contributed by atoms with Crippen molar-refractivity contribution in [3.05, 3.63) is 35.5 Å². The zero-order valence-electron chi connectivity index (χ0n) is 15.3. The Morgan fingerprint density at radius 3 is 3.04 bits per heavy atom. The number of nitrogens with zero attached hydrogens (tertiary/aromatic N) is 2. The minimum absolute atomic E-state index is 0.366. The number of benzene rings is 1. The van der Waals surface area contributed by atoms with Gasteiger partial charge in [-0.3, -0.25) is 4.99 Å². The van der Waals surface area contributed by atoms with Gasteiger partial charge in [0.25, 0.3) is 0 Å². The van der Waals surface area contributed by atoms with Gasteiger partial charge in [-0.15, -0.1) is 0 Å². The van der Waals surface area contributed by atoms with E-state index in [0.29, 0.717) is 5.41 Å². The summed E-state index contributed by atoms with van der Waals surface area (Å²) in [5.74, 6) is 1.03. The standard InChI is InChI=1S/C20H28N4O/c1-15-16(17-5-3-4-6-18(17)23-15)7-10-22-19(21-2)24-11-8-20(13-24)9-12-25-14-20/h3-6,23H,7-14H2,1-2H3,(H,21,22). The number of H-pyrrole nitrogens is 1. The molecule has 0 bridgehead atoms. The maximum absolute atomic E-state index is 5.64. The smallest absolute Gasteiger partial charge is 0.193 e. The van der Waals surface area contributed by atoms with Gasteiger partial charge in [-0.2, -0.15) is 0 Å². The summed E-state index contributed by atoms with van der Waals surface area (Å²) in [5.41, 5.74) is 4.26. The first-order valence-electron chi connectivity index (χ1n) is 9.30. The fourth-order valence-electron chi connectivity index (χ4n) is 4.38. The molecule has 2 aliphatic rings. The predicted octanol–water partition coefficient (Wildman–Crippen LogP) is 2.71. The van der Waals surface area contributed by atoms with Crippen molar-refractivity contribution in [1.29, 1.82) is 0 Å². The van der Waals surface area contributed by atoms with E-state index >= 15 is 0 Å². The van der Waals surface area contributed by atoms with Crippen LogP contribution in [0, 0.1) is 12.3 Å². The highest BCUT2D eigenvalue weighted by Crippen LogP contribution is 2.38. The summed E-state index contributed by atoms with van der Waals surface area (Å²) in [5, 5.41) is 4.90. The van der Waals surface area contributed by atoms with E-state index in [1.807, 2.05) is 7.05 Å². The molecule has 1 atom stereocenters. The number of aromatic amines is 1. The van der Waals surface area contributed by atoms with Crippen molar-refractivity contribution in [3.63, 3.8) is 0 Å². The summed E-state index contributed by atoms with van der Waals surface area (Å²) in [6.45, 7) is 7.03. The van der Waals surface area contributed by atoms with Crippen molar-refractivity contribution in [2.75, 3.05) is 39.9 Å².